The Hall–Kier alpha value is -1.23. The summed E-state index contributed by atoms with van der Waals surface area (Å²) in [7, 11) is 0.696. The van der Waals surface area contributed by atoms with Crippen LogP contribution < -0.4 is 5.73 Å². The highest BCUT2D eigenvalue weighted by molar-refractivity contribution is 8.13. The number of benzene rings is 1. The Labute approximate surface area is 101 Å². The topological polar surface area (TPSA) is 83.9 Å². The van der Waals surface area contributed by atoms with Crippen molar-refractivity contribution in [1.29, 1.82) is 5.26 Å². The van der Waals surface area contributed by atoms with Gasteiger partial charge in [0.1, 0.15) is 0 Å². The number of nitriles is 1. The third kappa shape index (κ3) is 2.91. The minimum atomic E-state index is -4.36. The van der Waals surface area contributed by atoms with Crippen LogP contribution in [0.25, 0.3) is 0 Å². The summed E-state index contributed by atoms with van der Waals surface area (Å²) in [5, 5.41) is 8.66. The number of nitrogens with two attached hydrogens (primary N) is 1. The van der Waals surface area contributed by atoms with Gasteiger partial charge < -0.3 is 5.73 Å². The maximum atomic E-state index is 12.8. The molecule has 0 radical (unpaired) electrons. The highest BCUT2D eigenvalue weighted by Gasteiger charge is 2.25. The summed E-state index contributed by atoms with van der Waals surface area (Å²) in [6.45, 7) is -0.311. The molecule has 0 saturated heterocycles. The minimum Gasteiger partial charge on any atom is -0.326 e. The van der Waals surface area contributed by atoms with Crippen molar-refractivity contribution in [3.63, 3.8) is 0 Å². The van der Waals surface area contributed by atoms with Gasteiger partial charge in [-0.05, 0) is 17.7 Å². The average molecular weight is 281 g/mol. The first-order chi connectivity index (χ1) is 7.81. The number of nitrogens with zero attached hydrogens (tertiary/aromatic N) is 1. The third-order valence-electron chi connectivity index (χ3n) is 2.06. The lowest BCUT2D eigenvalue weighted by Crippen LogP contribution is -2.08. The lowest BCUT2D eigenvalue weighted by molar-refractivity contribution is 0.147. The molecule has 0 atom stereocenters. The van der Waals surface area contributed by atoms with E-state index in [4.69, 9.17) is 21.7 Å². The SMILES string of the molecule is N#Cc1cc(CN)c(C(F)F)c(S(=O)(=O)Cl)c1. The lowest BCUT2D eigenvalue weighted by atomic mass is 10.0. The van der Waals surface area contributed by atoms with Crippen LogP contribution in [0, 0.1) is 11.3 Å². The summed E-state index contributed by atoms with van der Waals surface area (Å²) in [5.41, 5.74) is 4.29. The van der Waals surface area contributed by atoms with Crippen molar-refractivity contribution in [3.8, 4) is 6.07 Å². The number of halogens is 3. The van der Waals surface area contributed by atoms with Crippen LogP contribution in [-0.2, 0) is 15.6 Å². The number of rotatable bonds is 3. The number of hydrogen-bond donors (Lipinski definition) is 1. The number of alkyl halides is 2. The molecule has 92 valence electrons. The van der Waals surface area contributed by atoms with Crippen LogP contribution >= 0.6 is 10.7 Å². The first-order valence-corrected chi connectivity index (χ1v) is 6.62. The Morgan fingerprint density at radius 2 is 2.06 bits per heavy atom. The molecule has 4 nitrogen and oxygen atoms in total. The van der Waals surface area contributed by atoms with Crippen molar-refractivity contribution < 1.29 is 17.2 Å². The van der Waals surface area contributed by atoms with E-state index in [2.05, 4.69) is 0 Å². The van der Waals surface area contributed by atoms with Gasteiger partial charge in [0.05, 0.1) is 16.5 Å². The van der Waals surface area contributed by atoms with Crippen molar-refractivity contribution in [2.45, 2.75) is 17.9 Å². The van der Waals surface area contributed by atoms with Crippen molar-refractivity contribution in [1.82, 2.24) is 0 Å². The van der Waals surface area contributed by atoms with E-state index in [1.807, 2.05) is 0 Å². The normalized spacial score (nSPS) is 11.5. The van der Waals surface area contributed by atoms with Crippen LogP contribution in [0.5, 0.6) is 0 Å². The molecule has 0 bridgehead atoms. The van der Waals surface area contributed by atoms with E-state index < -0.39 is 25.9 Å². The molecule has 1 aromatic carbocycles. The molecular weight excluding hydrogens is 274 g/mol. The minimum absolute atomic E-state index is 0.0888. The first kappa shape index (κ1) is 13.8. The second-order valence-corrected chi connectivity index (χ2v) is 5.64. The molecule has 2 N–H and O–H groups in total. The average Bonchev–Trinajstić information content (AvgIpc) is 2.25. The molecule has 0 aromatic heterocycles. The molecule has 1 rings (SSSR count). The van der Waals surface area contributed by atoms with Gasteiger partial charge in [0.25, 0.3) is 15.5 Å². The van der Waals surface area contributed by atoms with Gasteiger partial charge in [-0.3, -0.25) is 0 Å². The van der Waals surface area contributed by atoms with Crippen LogP contribution in [-0.4, -0.2) is 8.42 Å². The van der Waals surface area contributed by atoms with Gasteiger partial charge in [-0.1, -0.05) is 0 Å². The summed E-state index contributed by atoms with van der Waals surface area (Å²) in [5.74, 6) is 0. The van der Waals surface area contributed by atoms with Crippen LogP contribution in [0.3, 0.4) is 0 Å². The molecule has 8 heteroatoms. The molecule has 0 saturated carbocycles. The fraction of sp³-hybridized carbons (Fsp3) is 0.222. The molecule has 0 unspecified atom stereocenters. The van der Waals surface area contributed by atoms with Gasteiger partial charge in [-0.2, -0.15) is 5.26 Å². The van der Waals surface area contributed by atoms with Gasteiger partial charge in [-0.15, -0.1) is 0 Å². The standard InChI is InChI=1S/C9H7ClF2N2O2S/c10-17(15,16)7-2-5(3-13)1-6(4-14)8(7)9(11)12/h1-2,9H,4,14H2. The van der Waals surface area contributed by atoms with Crippen molar-refractivity contribution >= 4 is 19.7 Å². The Bertz CT molecular complexity index is 581. The maximum absolute atomic E-state index is 12.8. The van der Waals surface area contributed by atoms with Gasteiger partial charge in [-0.25, -0.2) is 17.2 Å². The molecule has 0 aliphatic carbocycles. The molecule has 17 heavy (non-hydrogen) atoms. The summed E-state index contributed by atoms with van der Waals surface area (Å²) >= 11 is 0. The summed E-state index contributed by atoms with van der Waals surface area (Å²) < 4.78 is 47.9. The molecule has 0 heterocycles. The van der Waals surface area contributed by atoms with Crippen LogP contribution in [0.4, 0.5) is 8.78 Å². The lowest BCUT2D eigenvalue weighted by Gasteiger charge is -2.11. The Balaban J connectivity index is 3.72. The Morgan fingerprint density at radius 3 is 2.41 bits per heavy atom. The maximum Gasteiger partial charge on any atom is 0.265 e. The number of hydrogen-bond acceptors (Lipinski definition) is 4. The Kier molecular flexibility index (Phi) is 4.03. The molecular formula is C9H7ClF2N2O2S. The van der Waals surface area contributed by atoms with Crippen molar-refractivity contribution in [3.05, 3.63) is 28.8 Å². The predicted octanol–water partition coefficient (Wildman–Crippen LogP) is 1.88. The monoisotopic (exact) mass is 280 g/mol. The summed E-state index contributed by atoms with van der Waals surface area (Å²) in [6.07, 6.45) is -3.04. The Morgan fingerprint density at radius 1 is 1.47 bits per heavy atom. The fourth-order valence-electron chi connectivity index (χ4n) is 1.37. The molecule has 0 aliphatic heterocycles. The first-order valence-electron chi connectivity index (χ1n) is 4.31. The predicted molar refractivity (Wildman–Crippen MR) is 57.0 cm³/mol. The van der Waals surface area contributed by atoms with Gasteiger partial charge in [0.2, 0.25) is 0 Å². The largest absolute Gasteiger partial charge is 0.326 e. The third-order valence-corrected chi connectivity index (χ3v) is 3.42. The van der Waals surface area contributed by atoms with Crippen LogP contribution in [0.2, 0.25) is 0 Å². The van der Waals surface area contributed by atoms with E-state index in [0.29, 0.717) is 0 Å². The zero-order valence-corrected chi connectivity index (χ0v) is 9.89. The van der Waals surface area contributed by atoms with Crippen molar-refractivity contribution in [2.75, 3.05) is 0 Å². The van der Waals surface area contributed by atoms with Crippen LogP contribution in [0.15, 0.2) is 17.0 Å². The van der Waals surface area contributed by atoms with E-state index in [9.17, 15) is 17.2 Å². The summed E-state index contributed by atoms with van der Waals surface area (Å²) in [4.78, 5) is -0.770. The second kappa shape index (κ2) is 4.96. The van der Waals surface area contributed by atoms with Gasteiger partial charge in [0.15, 0.2) is 0 Å². The highest BCUT2D eigenvalue weighted by atomic mass is 35.7. The van der Waals surface area contributed by atoms with E-state index in [1.54, 1.807) is 6.07 Å². The van der Waals surface area contributed by atoms with Gasteiger partial charge >= 0.3 is 0 Å². The van der Waals surface area contributed by atoms with Crippen molar-refractivity contribution in [2.24, 2.45) is 5.73 Å². The molecule has 1 aromatic rings. The smallest absolute Gasteiger partial charge is 0.265 e. The van der Waals surface area contributed by atoms with E-state index in [-0.39, 0.29) is 17.7 Å². The molecule has 0 aliphatic rings. The molecule has 0 fully saturated rings. The van der Waals surface area contributed by atoms with E-state index >= 15 is 0 Å². The van der Waals surface area contributed by atoms with Gasteiger partial charge in [0, 0.05) is 22.8 Å². The zero-order chi connectivity index (χ0) is 13.2. The molecule has 0 spiro atoms. The zero-order valence-electron chi connectivity index (χ0n) is 8.32. The second-order valence-electron chi connectivity index (χ2n) is 3.10. The van der Waals surface area contributed by atoms with E-state index in [0.717, 1.165) is 12.1 Å². The van der Waals surface area contributed by atoms with Crippen LogP contribution in [0.1, 0.15) is 23.1 Å². The van der Waals surface area contributed by atoms with E-state index in [1.165, 1.54) is 0 Å². The summed E-state index contributed by atoms with van der Waals surface area (Å²) in [6, 6.07) is 3.58. The highest BCUT2D eigenvalue weighted by Crippen LogP contribution is 2.32. The quantitative estimate of drug-likeness (QED) is 0.857. The fourth-order valence-corrected chi connectivity index (χ4v) is 2.50. The molecule has 0 amide bonds.